The molecular weight excluding hydrogens is 439 g/mol. The molecule has 3 aromatic carbocycles. The van der Waals surface area contributed by atoms with Gasteiger partial charge in [0.1, 0.15) is 0 Å². The first-order chi connectivity index (χ1) is 15.3. The normalized spacial score (nSPS) is 11.4. The van der Waals surface area contributed by atoms with Gasteiger partial charge in [0, 0.05) is 22.7 Å². The molecule has 0 fully saturated rings. The molecule has 0 aliphatic carbocycles. The minimum Gasteiger partial charge on any atom is -0.348 e. The lowest BCUT2D eigenvalue weighted by molar-refractivity contribution is -0.137. The molecule has 0 saturated carbocycles. The van der Waals surface area contributed by atoms with Gasteiger partial charge in [-0.3, -0.25) is 9.89 Å². The molecule has 0 radical (unpaired) electrons. The summed E-state index contributed by atoms with van der Waals surface area (Å²) in [4.78, 5) is 12.4. The zero-order valence-electron chi connectivity index (χ0n) is 16.6. The molecule has 4 rings (SSSR count). The molecule has 0 aliphatic rings. The topological polar surface area (TPSA) is 57.8 Å². The predicted molar refractivity (Wildman–Crippen MR) is 117 cm³/mol. The fourth-order valence-corrected chi connectivity index (χ4v) is 3.26. The van der Waals surface area contributed by atoms with E-state index in [4.69, 9.17) is 11.6 Å². The van der Waals surface area contributed by atoms with E-state index in [1.165, 1.54) is 12.1 Å². The van der Waals surface area contributed by atoms with Crippen molar-refractivity contribution in [2.75, 3.05) is 0 Å². The van der Waals surface area contributed by atoms with Gasteiger partial charge in [0.15, 0.2) is 0 Å². The highest BCUT2D eigenvalue weighted by Gasteiger charge is 2.29. The van der Waals surface area contributed by atoms with Crippen LogP contribution in [-0.2, 0) is 12.7 Å². The van der Waals surface area contributed by atoms with Gasteiger partial charge in [-0.2, -0.15) is 18.3 Å². The fourth-order valence-electron chi connectivity index (χ4n) is 3.14. The molecule has 0 bridgehead atoms. The van der Waals surface area contributed by atoms with Crippen LogP contribution in [0.15, 0.2) is 78.9 Å². The van der Waals surface area contributed by atoms with Crippen LogP contribution in [0.2, 0.25) is 5.02 Å². The predicted octanol–water partition coefficient (Wildman–Crippen LogP) is 6.35. The third-order valence-corrected chi connectivity index (χ3v) is 5.16. The Bertz CT molecular complexity index is 1220. The van der Waals surface area contributed by atoms with Crippen LogP contribution in [0, 0.1) is 0 Å². The van der Waals surface area contributed by atoms with E-state index in [1.807, 2.05) is 18.2 Å². The maximum absolute atomic E-state index is 12.6. The van der Waals surface area contributed by atoms with Crippen LogP contribution in [0.25, 0.3) is 22.5 Å². The Labute approximate surface area is 187 Å². The molecule has 162 valence electrons. The number of alkyl halides is 3. The summed E-state index contributed by atoms with van der Waals surface area (Å²) in [6, 6.07) is 20.9. The minimum absolute atomic E-state index is 0.128. The van der Waals surface area contributed by atoms with Gasteiger partial charge in [-0.1, -0.05) is 48.0 Å². The second kappa shape index (κ2) is 8.88. The van der Waals surface area contributed by atoms with Gasteiger partial charge in [0.05, 0.1) is 17.0 Å². The molecule has 0 atom stereocenters. The van der Waals surface area contributed by atoms with Crippen molar-refractivity contribution in [3.63, 3.8) is 0 Å². The van der Waals surface area contributed by atoms with Crippen molar-refractivity contribution in [1.29, 1.82) is 0 Å². The van der Waals surface area contributed by atoms with E-state index in [0.717, 1.165) is 34.6 Å². The van der Waals surface area contributed by atoms with Crippen molar-refractivity contribution < 1.29 is 18.0 Å². The standard InChI is InChI=1S/C24H17ClF3N3O/c25-20-11-7-17(8-12-20)22-13-21(30-31-22)16-3-5-18(6-4-16)23(32)29-14-15-1-9-19(10-2-15)24(26,27)28/h1-13H,14H2,(H,29,32)(H,30,31). The van der Waals surface area contributed by atoms with Gasteiger partial charge in [0.25, 0.3) is 5.91 Å². The third kappa shape index (κ3) is 5.00. The van der Waals surface area contributed by atoms with Gasteiger partial charge in [0.2, 0.25) is 0 Å². The molecule has 4 aromatic rings. The highest BCUT2D eigenvalue weighted by molar-refractivity contribution is 6.30. The van der Waals surface area contributed by atoms with Gasteiger partial charge in [-0.25, -0.2) is 0 Å². The number of aromatic amines is 1. The highest BCUT2D eigenvalue weighted by atomic mass is 35.5. The summed E-state index contributed by atoms with van der Waals surface area (Å²) in [6.07, 6.45) is -4.38. The van der Waals surface area contributed by atoms with Crippen LogP contribution in [0.4, 0.5) is 13.2 Å². The molecule has 1 heterocycles. The van der Waals surface area contributed by atoms with E-state index in [1.54, 1.807) is 36.4 Å². The number of halogens is 4. The van der Waals surface area contributed by atoms with Crippen molar-refractivity contribution in [2.24, 2.45) is 0 Å². The van der Waals surface area contributed by atoms with Crippen LogP contribution in [0.3, 0.4) is 0 Å². The van der Waals surface area contributed by atoms with E-state index in [-0.39, 0.29) is 12.5 Å². The van der Waals surface area contributed by atoms with E-state index < -0.39 is 11.7 Å². The molecule has 32 heavy (non-hydrogen) atoms. The molecule has 0 saturated heterocycles. The monoisotopic (exact) mass is 455 g/mol. The SMILES string of the molecule is O=C(NCc1ccc(C(F)(F)F)cc1)c1ccc(-c2cc(-c3ccc(Cl)cc3)[nH]n2)cc1. The lowest BCUT2D eigenvalue weighted by Gasteiger charge is -2.09. The largest absolute Gasteiger partial charge is 0.416 e. The number of carbonyl (C=O) groups excluding carboxylic acids is 1. The second-order valence-electron chi connectivity index (χ2n) is 7.13. The third-order valence-electron chi connectivity index (χ3n) is 4.91. The number of hydrogen-bond acceptors (Lipinski definition) is 2. The lowest BCUT2D eigenvalue weighted by Crippen LogP contribution is -2.22. The minimum atomic E-state index is -4.38. The summed E-state index contributed by atoms with van der Waals surface area (Å²) in [6.45, 7) is 0.128. The van der Waals surface area contributed by atoms with E-state index in [2.05, 4.69) is 15.5 Å². The average molecular weight is 456 g/mol. The lowest BCUT2D eigenvalue weighted by atomic mass is 10.1. The first-order valence-electron chi connectivity index (χ1n) is 9.66. The van der Waals surface area contributed by atoms with Crippen LogP contribution < -0.4 is 5.32 Å². The van der Waals surface area contributed by atoms with Crippen molar-refractivity contribution in [3.8, 4) is 22.5 Å². The van der Waals surface area contributed by atoms with Crippen molar-refractivity contribution in [2.45, 2.75) is 12.7 Å². The number of rotatable bonds is 5. The van der Waals surface area contributed by atoms with Gasteiger partial charge >= 0.3 is 6.18 Å². The number of nitrogens with one attached hydrogen (secondary N) is 2. The van der Waals surface area contributed by atoms with E-state index in [0.29, 0.717) is 16.1 Å². The van der Waals surface area contributed by atoms with Crippen LogP contribution in [-0.4, -0.2) is 16.1 Å². The quantitative estimate of drug-likeness (QED) is 0.368. The van der Waals surface area contributed by atoms with Gasteiger partial charge < -0.3 is 5.32 Å². The number of aromatic nitrogens is 2. The summed E-state index contributed by atoms with van der Waals surface area (Å²) in [5, 5.41) is 10.7. The summed E-state index contributed by atoms with van der Waals surface area (Å²) >= 11 is 5.92. The van der Waals surface area contributed by atoms with E-state index >= 15 is 0 Å². The number of benzene rings is 3. The molecule has 8 heteroatoms. The zero-order chi connectivity index (χ0) is 22.7. The maximum Gasteiger partial charge on any atom is 0.416 e. The van der Waals surface area contributed by atoms with Crippen molar-refractivity contribution in [3.05, 3.63) is 101 Å². The summed E-state index contributed by atoms with van der Waals surface area (Å²) in [5.41, 5.74) is 3.65. The van der Waals surface area contributed by atoms with E-state index in [9.17, 15) is 18.0 Å². The Balaban J connectivity index is 1.39. The second-order valence-corrected chi connectivity index (χ2v) is 7.56. The van der Waals surface area contributed by atoms with Gasteiger partial charge in [-0.15, -0.1) is 0 Å². The Morgan fingerprint density at radius 3 is 2.16 bits per heavy atom. The number of nitrogens with zero attached hydrogens (tertiary/aromatic N) is 1. The van der Waals surface area contributed by atoms with Crippen molar-refractivity contribution >= 4 is 17.5 Å². The van der Waals surface area contributed by atoms with Crippen LogP contribution in [0.1, 0.15) is 21.5 Å². The molecule has 1 amide bonds. The Kier molecular flexibility index (Phi) is 6.01. The summed E-state index contributed by atoms with van der Waals surface area (Å²) in [7, 11) is 0. The first kappa shape index (κ1) is 21.6. The molecule has 0 spiro atoms. The van der Waals surface area contributed by atoms with Gasteiger partial charge in [-0.05, 0) is 53.6 Å². The number of hydrogen-bond donors (Lipinski definition) is 2. The molecule has 0 unspecified atom stereocenters. The summed E-state index contributed by atoms with van der Waals surface area (Å²) in [5.74, 6) is -0.319. The molecule has 2 N–H and O–H groups in total. The number of carbonyl (C=O) groups is 1. The highest BCUT2D eigenvalue weighted by Crippen LogP contribution is 2.29. The summed E-state index contributed by atoms with van der Waals surface area (Å²) < 4.78 is 37.9. The Morgan fingerprint density at radius 2 is 1.53 bits per heavy atom. The van der Waals surface area contributed by atoms with Crippen LogP contribution >= 0.6 is 11.6 Å². The molecule has 1 aromatic heterocycles. The molecule has 4 nitrogen and oxygen atoms in total. The van der Waals surface area contributed by atoms with Crippen molar-refractivity contribution in [1.82, 2.24) is 15.5 Å². The fraction of sp³-hybridized carbons (Fsp3) is 0.0833. The Hall–Kier alpha value is -3.58. The zero-order valence-corrected chi connectivity index (χ0v) is 17.3. The first-order valence-corrected chi connectivity index (χ1v) is 10.0. The maximum atomic E-state index is 12.6. The number of amides is 1. The molecule has 0 aliphatic heterocycles. The molecular formula is C24H17ClF3N3O. The number of H-pyrrole nitrogens is 1. The average Bonchev–Trinajstić information content (AvgIpc) is 3.28. The van der Waals surface area contributed by atoms with Crippen LogP contribution in [0.5, 0.6) is 0 Å². The smallest absolute Gasteiger partial charge is 0.348 e. The Morgan fingerprint density at radius 1 is 0.906 bits per heavy atom.